The molecule has 2 rings (SSSR count). The van der Waals surface area contributed by atoms with Gasteiger partial charge in [0.25, 0.3) is 0 Å². The average Bonchev–Trinajstić information content (AvgIpc) is 2.88. The molecule has 0 fully saturated rings. The Labute approximate surface area is 118 Å². The Morgan fingerprint density at radius 1 is 1.50 bits per heavy atom. The number of hydrogen-bond donors (Lipinski definition) is 1. The zero-order valence-corrected chi connectivity index (χ0v) is 12.9. The first kappa shape index (κ1) is 13.9. The van der Waals surface area contributed by atoms with Crippen molar-refractivity contribution in [2.24, 2.45) is 10.9 Å². The van der Waals surface area contributed by atoms with Gasteiger partial charge in [0, 0.05) is 23.6 Å². The lowest BCUT2D eigenvalue weighted by atomic mass is 10.1. The highest BCUT2D eigenvalue weighted by atomic mass is 32.2. The van der Waals surface area contributed by atoms with Crippen LogP contribution in [0.5, 0.6) is 0 Å². The molecule has 100 valence electrons. The number of thiazole rings is 1. The molecule has 3 nitrogen and oxygen atoms in total. The Kier molecular flexibility index (Phi) is 5.06. The van der Waals surface area contributed by atoms with Gasteiger partial charge in [-0.15, -0.1) is 11.3 Å². The van der Waals surface area contributed by atoms with Crippen LogP contribution in [0.15, 0.2) is 10.4 Å². The lowest BCUT2D eigenvalue weighted by Crippen LogP contribution is -2.22. The molecule has 0 saturated heterocycles. The van der Waals surface area contributed by atoms with E-state index in [9.17, 15) is 0 Å². The molecule has 1 N–H and O–H groups in total. The van der Waals surface area contributed by atoms with Crippen molar-refractivity contribution < 1.29 is 0 Å². The smallest absolute Gasteiger partial charge is 0.156 e. The van der Waals surface area contributed by atoms with Crippen LogP contribution in [0.3, 0.4) is 0 Å². The molecular weight excluding hydrogens is 262 g/mol. The summed E-state index contributed by atoms with van der Waals surface area (Å²) in [5, 5.41) is 8.50. The SMILES string of the molecule is Cc1nc(CCNC2=NCC(CC(C)C)S2)cs1. The van der Waals surface area contributed by atoms with Crippen molar-refractivity contribution in [1.82, 2.24) is 10.3 Å². The first-order chi connectivity index (χ1) is 8.63. The summed E-state index contributed by atoms with van der Waals surface area (Å²) in [6.45, 7) is 8.51. The highest BCUT2D eigenvalue weighted by molar-refractivity contribution is 8.14. The number of hydrogen-bond acceptors (Lipinski definition) is 5. The minimum absolute atomic E-state index is 0.675. The van der Waals surface area contributed by atoms with Gasteiger partial charge in [0.05, 0.1) is 17.2 Å². The molecule has 0 aromatic carbocycles. The van der Waals surface area contributed by atoms with Crippen LogP contribution in [0, 0.1) is 12.8 Å². The highest BCUT2D eigenvalue weighted by Crippen LogP contribution is 2.25. The number of amidine groups is 1. The Balaban J connectivity index is 1.66. The van der Waals surface area contributed by atoms with E-state index in [1.54, 1.807) is 11.3 Å². The van der Waals surface area contributed by atoms with Crippen molar-refractivity contribution >= 4 is 28.3 Å². The summed E-state index contributed by atoms with van der Waals surface area (Å²) in [5.41, 5.74) is 1.19. The van der Waals surface area contributed by atoms with Crippen molar-refractivity contribution in [3.8, 4) is 0 Å². The van der Waals surface area contributed by atoms with E-state index in [0.29, 0.717) is 5.25 Å². The van der Waals surface area contributed by atoms with Gasteiger partial charge in [-0.2, -0.15) is 0 Å². The van der Waals surface area contributed by atoms with Crippen LogP contribution < -0.4 is 5.32 Å². The summed E-state index contributed by atoms with van der Waals surface area (Å²) in [4.78, 5) is 9.02. The fourth-order valence-electron chi connectivity index (χ4n) is 1.98. The van der Waals surface area contributed by atoms with Crippen LogP contribution in [0.25, 0.3) is 0 Å². The topological polar surface area (TPSA) is 37.3 Å². The largest absolute Gasteiger partial charge is 0.365 e. The molecule has 18 heavy (non-hydrogen) atoms. The second kappa shape index (κ2) is 6.57. The van der Waals surface area contributed by atoms with Crippen molar-refractivity contribution in [1.29, 1.82) is 0 Å². The van der Waals surface area contributed by atoms with E-state index in [1.165, 1.54) is 12.1 Å². The predicted octanol–water partition coefficient (Wildman–Crippen LogP) is 3.10. The molecule has 0 spiro atoms. The summed E-state index contributed by atoms with van der Waals surface area (Å²) in [7, 11) is 0. The number of nitrogens with one attached hydrogen (secondary N) is 1. The fourth-order valence-corrected chi connectivity index (χ4v) is 3.91. The second-order valence-electron chi connectivity index (χ2n) is 5.05. The van der Waals surface area contributed by atoms with Gasteiger partial charge in [0.1, 0.15) is 0 Å². The maximum Gasteiger partial charge on any atom is 0.156 e. The summed E-state index contributed by atoms with van der Waals surface area (Å²) < 4.78 is 0. The quantitative estimate of drug-likeness (QED) is 0.902. The van der Waals surface area contributed by atoms with E-state index >= 15 is 0 Å². The van der Waals surface area contributed by atoms with E-state index in [1.807, 2.05) is 11.8 Å². The molecule has 0 bridgehead atoms. The van der Waals surface area contributed by atoms with E-state index in [4.69, 9.17) is 0 Å². The number of aromatic nitrogens is 1. The molecule has 0 amide bonds. The standard InChI is InChI=1S/C13H21N3S2/c1-9(2)6-12-7-15-13(18-12)14-5-4-11-8-17-10(3)16-11/h8-9,12H,4-7H2,1-3H3,(H,14,15). The molecule has 1 atom stereocenters. The summed E-state index contributed by atoms with van der Waals surface area (Å²) >= 11 is 3.62. The van der Waals surface area contributed by atoms with Gasteiger partial charge in [-0.1, -0.05) is 25.6 Å². The van der Waals surface area contributed by atoms with Crippen LogP contribution in [-0.4, -0.2) is 28.5 Å². The van der Waals surface area contributed by atoms with Crippen LogP contribution in [0.2, 0.25) is 0 Å². The molecule has 1 aliphatic rings. The van der Waals surface area contributed by atoms with Crippen molar-refractivity contribution in [3.63, 3.8) is 0 Å². The zero-order valence-electron chi connectivity index (χ0n) is 11.3. The van der Waals surface area contributed by atoms with E-state index in [2.05, 4.69) is 41.4 Å². The molecule has 2 heterocycles. The van der Waals surface area contributed by atoms with Crippen molar-refractivity contribution in [2.45, 2.75) is 38.9 Å². The lowest BCUT2D eigenvalue weighted by molar-refractivity contribution is 0.575. The predicted molar refractivity (Wildman–Crippen MR) is 81.7 cm³/mol. The summed E-state index contributed by atoms with van der Waals surface area (Å²) in [6, 6.07) is 0. The molecule has 1 aliphatic heterocycles. The molecule has 1 unspecified atom stereocenters. The lowest BCUT2D eigenvalue weighted by Gasteiger charge is -2.10. The van der Waals surface area contributed by atoms with Crippen LogP contribution >= 0.6 is 23.1 Å². The minimum Gasteiger partial charge on any atom is -0.365 e. The molecule has 0 saturated carbocycles. The monoisotopic (exact) mass is 283 g/mol. The summed E-state index contributed by atoms with van der Waals surface area (Å²) in [5.74, 6) is 0.759. The third kappa shape index (κ3) is 4.28. The van der Waals surface area contributed by atoms with Crippen molar-refractivity contribution in [2.75, 3.05) is 13.1 Å². The van der Waals surface area contributed by atoms with Gasteiger partial charge < -0.3 is 5.32 Å². The van der Waals surface area contributed by atoms with Gasteiger partial charge in [-0.25, -0.2) is 4.98 Å². The molecule has 5 heteroatoms. The third-order valence-electron chi connectivity index (χ3n) is 2.78. The average molecular weight is 283 g/mol. The van der Waals surface area contributed by atoms with Gasteiger partial charge >= 0.3 is 0 Å². The second-order valence-corrected chi connectivity index (χ2v) is 7.40. The van der Waals surface area contributed by atoms with E-state index < -0.39 is 0 Å². The maximum atomic E-state index is 4.56. The summed E-state index contributed by atoms with van der Waals surface area (Å²) in [6.07, 6.45) is 2.24. The molecule has 1 aromatic rings. The Bertz CT molecular complexity index is 412. The van der Waals surface area contributed by atoms with Gasteiger partial charge in [-0.05, 0) is 19.3 Å². The van der Waals surface area contributed by atoms with E-state index in [0.717, 1.165) is 35.6 Å². The van der Waals surface area contributed by atoms with Crippen molar-refractivity contribution in [3.05, 3.63) is 16.1 Å². The number of aliphatic imine (C=N–C) groups is 1. The molecular formula is C13H21N3S2. The van der Waals surface area contributed by atoms with Gasteiger partial charge in [-0.3, -0.25) is 4.99 Å². The van der Waals surface area contributed by atoms with Gasteiger partial charge in [0.2, 0.25) is 0 Å². The third-order valence-corrected chi connectivity index (χ3v) is 4.77. The van der Waals surface area contributed by atoms with Gasteiger partial charge in [0.15, 0.2) is 5.17 Å². The molecule has 0 radical (unpaired) electrons. The van der Waals surface area contributed by atoms with Crippen LogP contribution in [0.1, 0.15) is 31.0 Å². The minimum atomic E-state index is 0.675. The number of thioether (sulfide) groups is 1. The Morgan fingerprint density at radius 2 is 2.33 bits per heavy atom. The fraction of sp³-hybridized carbons (Fsp3) is 0.692. The Morgan fingerprint density at radius 3 is 3.00 bits per heavy atom. The maximum absolute atomic E-state index is 4.56. The first-order valence-corrected chi connectivity index (χ1v) is 8.25. The first-order valence-electron chi connectivity index (χ1n) is 6.49. The van der Waals surface area contributed by atoms with Crippen LogP contribution in [-0.2, 0) is 6.42 Å². The highest BCUT2D eigenvalue weighted by Gasteiger charge is 2.20. The molecule has 0 aliphatic carbocycles. The normalized spacial score (nSPS) is 19.3. The zero-order chi connectivity index (χ0) is 13.0. The van der Waals surface area contributed by atoms with Crippen LogP contribution in [0.4, 0.5) is 0 Å². The van der Waals surface area contributed by atoms with E-state index in [-0.39, 0.29) is 0 Å². The Hall–Kier alpha value is -0.550. The number of nitrogens with zero attached hydrogens (tertiary/aromatic N) is 2. The number of rotatable bonds is 5. The molecule has 1 aromatic heterocycles. The number of aryl methyl sites for hydroxylation is 1.